The molecule has 2 heterocycles. The lowest BCUT2D eigenvalue weighted by Crippen LogP contribution is -2.67. The van der Waals surface area contributed by atoms with E-state index in [0.717, 1.165) is 19.6 Å². The van der Waals surface area contributed by atoms with Crippen LogP contribution in [0.15, 0.2) is 18.3 Å². The molecule has 2 fully saturated rings. The molecule has 0 radical (unpaired) electrons. The predicted molar refractivity (Wildman–Crippen MR) is 87.3 cm³/mol. The minimum atomic E-state index is 0.247. The smallest absolute Gasteiger partial charge is 0.0573 e. The summed E-state index contributed by atoms with van der Waals surface area (Å²) in [6, 6.07) is 4.23. The summed E-state index contributed by atoms with van der Waals surface area (Å²) in [6.45, 7) is 10.1. The van der Waals surface area contributed by atoms with E-state index in [4.69, 9.17) is 0 Å². The molecular formula is C18H29N3. The summed E-state index contributed by atoms with van der Waals surface area (Å²) in [6.07, 6.45) is 8.55. The summed E-state index contributed by atoms with van der Waals surface area (Å²) in [5, 5.41) is 3.85. The Hall–Kier alpha value is -0.930. The monoisotopic (exact) mass is 287 g/mol. The summed E-state index contributed by atoms with van der Waals surface area (Å²) in [5.74, 6) is 0. The van der Waals surface area contributed by atoms with Crippen molar-refractivity contribution < 1.29 is 0 Å². The number of hydrogen-bond donors (Lipinski definition) is 1. The average Bonchev–Trinajstić information content (AvgIpc) is 2.96. The number of nitrogens with one attached hydrogen (secondary N) is 1. The van der Waals surface area contributed by atoms with Gasteiger partial charge in [0.15, 0.2) is 0 Å². The first-order valence-corrected chi connectivity index (χ1v) is 8.48. The second-order valence-electron chi connectivity index (χ2n) is 7.32. The van der Waals surface area contributed by atoms with Crippen molar-refractivity contribution in [3.63, 3.8) is 0 Å². The molecule has 1 aromatic rings. The summed E-state index contributed by atoms with van der Waals surface area (Å²) in [4.78, 5) is 7.38. The zero-order chi connectivity index (χ0) is 14.9. The molecule has 0 amide bonds. The second-order valence-corrected chi connectivity index (χ2v) is 7.32. The molecule has 1 spiro atoms. The molecule has 1 N–H and O–H groups in total. The van der Waals surface area contributed by atoms with E-state index in [9.17, 15) is 0 Å². The van der Waals surface area contributed by atoms with Gasteiger partial charge in [0, 0.05) is 36.9 Å². The van der Waals surface area contributed by atoms with E-state index in [1.54, 1.807) is 0 Å². The molecule has 1 saturated carbocycles. The highest BCUT2D eigenvalue weighted by Gasteiger charge is 2.46. The topological polar surface area (TPSA) is 28.2 Å². The Morgan fingerprint density at radius 2 is 2.10 bits per heavy atom. The number of pyridine rings is 1. The molecule has 1 saturated heterocycles. The fourth-order valence-corrected chi connectivity index (χ4v) is 3.99. The Bertz CT molecular complexity index is 493. The molecule has 1 aliphatic carbocycles. The lowest BCUT2D eigenvalue weighted by molar-refractivity contribution is 0.00432. The molecular weight excluding hydrogens is 258 g/mol. The maximum atomic E-state index is 4.64. The minimum absolute atomic E-state index is 0.247. The normalized spacial score (nSPS) is 29.1. The van der Waals surface area contributed by atoms with Crippen LogP contribution in [0.2, 0.25) is 0 Å². The molecule has 0 aromatic carbocycles. The van der Waals surface area contributed by atoms with Crippen molar-refractivity contribution in [1.82, 2.24) is 15.2 Å². The van der Waals surface area contributed by atoms with Gasteiger partial charge in [0.05, 0.1) is 5.69 Å². The molecule has 1 atom stereocenters. The van der Waals surface area contributed by atoms with Gasteiger partial charge in [-0.2, -0.15) is 0 Å². The van der Waals surface area contributed by atoms with Gasteiger partial charge in [-0.15, -0.1) is 0 Å². The van der Waals surface area contributed by atoms with Crippen LogP contribution >= 0.6 is 0 Å². The van der Waals surface area contributed by atoms with Crippen molar-refractivity contribution >= 4 is 0 Å². The average molecular weight is 287 g/mol. The molecule has 3 nitrogen and oxygen atoms in total. The first-order chi connectivity index (χ1) is 10.1. The third-order valence-electron chi connectivity index (χ3n) is 5.83. The fourth-order valence-electron chi connectivity index (χ4n) is 3.99. The summed E-state index contributed by atoms with van der Waals surface area (Å²) >= 11 is 0. The van der Waals surface area contributed by atoms with Gasteiger partial charge in [-0.05, 0) is 44.7 Å². The molecule has 3 heteroatoms. The van der Waals surface area contributed by atoms with E-state index in [-0.39, 0.29) is 5.54 Å². The molecule has 21 heavy (non-hydrogen) atoms. The molecule has 0 bridgehead atoms. The summed E-state index contributed by atoms with van der Waals surface area (Å²) in [7, 11) is 0. The van der Waals surface area contributed by atoms with E-state index < -0.39 is 0 Å². The number of rotatable bonds is 3. The maximum absolute atomic E-state index is 4.64. The summed E-state index contributed by atoms with van der Waals surface area (Å²) in [5.41, 5.74) is 3.20. The number of aromatic nitrogens is 1. The van der Waals surface area contributed by atoms with Crippen LogP contribution in [0.1, 0.15) is 57.2 Å². The molecule has 1 unspecified atom stereocenters. The molecule has 2 aliphatic rings. The zero-order valence-corrected chi connectivity index (χ0v) is 13.8. The van der Waals surface area contributed by atoms with Gasteiger partial charge in [0.2, 0.25) is 0 Å². The SMILES string of the molecule is CCC1(C)CN(Cc2ncccc2C)C2(CCCC2)CN1. The van der Waals surface area contributed by atoms with Crippen molar-refractivity contribution in [2.75, 3.05) is 13.1 Å². The third-order valence-corrected chi connectivity index (χ3v) is 5.83. The standard InChI is InChI=1S/C18H29N3/c1-4-17(3)14-21(12-16-15(2)8-7-11-19-16)18(13-20-17)9-5-6-10-18/h7-8,11,20H,4-6,9-10,12-14H2,1-3H3. The van der Waals surface area contributed by atoms with Crippen LogP contribution in [0.4, 0.5) is 0 Å². The van der Waals surface area contributed by atoms with Crippen molar-refractivity contribution in [2.24, 2.45) is 0 Å². The third kappa shape index (κ3) is 2.86. The zero-order valence-electron chi connectivity index (χ0n) is 13.8. The van der Waals surface area contributed by atoms with E-state index in [1.807, 2.05) is 12.3 Å². The Balaban J connectivity index is 1.85. The second kappa shape index (κ2) is 5.69. The number of nitrogens with zero attached hydrogens (tertiary/aromatic N) is 2. The van der Waals surface area contributed by atoms with E-state index >= 15 is 0 Å². The Morgan fingerprint density at radius 3 is 2.76 bits per heavy atom. The minimum Gasteiger partial charge on any atom is -0.308 e. The molecule has 1 aliphatic heterocycles. The van der Waals surface area contributed by atoms with Gasteiger partial charge in [-0.3, -0.25) is 9.88 Å². The van der Waals surface area contributed by atoms with E-state index in [1.165, 1.54) is 43.4 Å². The highest BCUT2D eigenvalue weighted by molar-refractivity contribution is 5.19. The first-order valence-electron chi connectivity index (χ1n) is 8.48. The molecule has 1 aromatic heterocycles. The largest absolute Gasteiger partial charge is 0.308 e. The Kier molecular flexibility index (Phi) is 4.06. The van der Waals surface area contributed by atoms with Crippen molar-refractivity contribution in [2.45, 2.75) is 70.5 Å². The Labute approximate surface area is 129 Å². The van der Waals surface area contributed by atoms with E-state index in [0.29, 0.717) is 5.54 Å². The van der Waals surface area contributed by atoms with Crippen molar-refractivity contribution in [3.05, 3.63) is 29.6 Å². The van der Waals surface area contributed by atoms with Crippen LogP contribution in [0.25, 0.3) is 0 Å². The molecule has 116 valence electrons. The summed E-state index contributed by atoms with van der Waals surface area (Å²) < 4.78 is 0. The maximum Gasteiger partial charge on any atom is 0.0573 e. The van der Waals surface area contributed by atoms with Crippen LogP contribution in [0.5, 0.6) is 0 Å². The number of piperazine rings is 1. The van der Waals surface area contributed by atoms with Gasteiger partial charge >= 0.3 is 0 Å². The van der Waals surface area contributed by atoms with E-state index in [2.05, 4.69) is 42.0 Å². The van der Waals surface area contributed by atoms with Gasteiger partial charge in [-0.25, -0.2) is 0 Å². The fraction of sp³-hybridized carbons (Fsp3) is 0.722. The highest BCUT2D eigenvalue weighted by atomic mass is 15.3. The van der Waals surface area contributed by atoms with Gasteiger partial charge in [-0.1, -0.05) is 25.8 Å². The number of aryl methyl sites for hydroxylation is 1. The first kappa shape index (κ1) is 15.0. The lowest BCUT2D eigenvalue weighted by Gasteiger charge is -2.52. The van der Waals surface area contributed by atoms with Crippen molar-refractivity contribution in [1.29, 1.82) is 0 Å². The highest BCUT2D eigenvalue weighted by Crippen LogP contribution is 2.39. The van der Waals surface area contributed by atoms with Crippen LogP contribution in [0, 0.1) is 6.92 Å². The lowest BCUT2D eigenvalue weighted by atomic mass is 9.84. The van der Waals surface area contributed by atoms with Gasteiger partial charge in [0.1, 0.15) is 0 Å². The predicted octanol–water partition coefficient (Wildman–Crippen LogP) is 3.28. The van der Waals surface area contributed by atoms with Crippen LogP contribution in [-0.4, -0.2) is 34.1 Å². The van der Waals surface area contributed by atoms with Crippen LogP contribution in [0.3, 0.4) is 0 Å². The van der Waals surface area contributed by atoms with Gasteiger partial charge < -0.3 is 5.32 Å². The van der Waals surface area contributed by atoms with Crippen molar-refractivity contribution in [3.8, 4) is 0 Å². The van der Waals surface area contributed by atoms with Crippen LogP contribution < -0.4 is 5.32 Å². The van der Waals surface area contributed by atoms with Crippen LogP contribution in [-0.2, 0) is 6.54 Å². The van der Waals surface area contributed by atoms with Gasteiger partial charge in [0.25, 0.3) is 0 Å². The Morgan fingerprint density at radius 1 is 1.33 bits per heavy atom. The quantitative estimate of drug-likeness (QED) is 0.925. The number of hydrogen-bond acceptors (Lipinski definition) is 3. The molecule has 3 rings (SSSR count).